The van der Waals surface area contributed by atoms with E-state index in [1.807, 2.05) is 17.5 Å². The Morgan fingerprint density at radius 2 is 1.92 bits per heavy atom. The lowest BCUT2D eigenvalue weighted by Crippen LogP contribution is -2.32. The number of hydrogen-bond donors (Lipinski definition) is 0. The molecule has 0 radical (unpaired) electrons. The van der Waals surface area contributed by atoms with E-state index >= 15 is 0 Å². The Bertz CT molecular complexity index is 841. The van der Waals surface area contributed by atoms with Gasteiger partial charge in [-0.2, -0.15) is 0 Å². The fourth-order valence-corrected chi connectivity index (χ4v) is 2.98. The molecule has 2 heterocycles. The topological polar surface area (TPSA) is 46.1 Å². The quantitative estimate of drug-likeness (QED) is 0.674. The van der Waals surface area contributed by atoms with Crippen molar-refractivity contribution in [3.8, 4) is 0 Å². The van der Waals surface area contributed by atoms with Gasteiger partial charge >= 0.3 is 0 Å². The highest BCUT2D eigenvalue weighted by Crippen LogP contribution is 2.14. The first-order valence-corrected chi connectivity index (χ1v) is 8.58. The van der Waals surface area contributed by atoms with Crippen molar-refractivity contribution in [2.75, 3.05) is 6.54 Å². The predicted octanol–water partition coefficient (Wildman–Crippen LogP) is 3.70. The van der Waals surface area contributed by atoms with Crippen LogP contribution in [0.4, 0.5) is 8.78 Å². The van der Waals surface area contributed by atoms with E-state index in [-0.39, 0.29) is 11.5 Å². The third-order valence-electron chi connectivity index (χ3n) is 3.70. The molecule has 1 amide bonds. The highest BCUT2D eigenvalue weighted by Gasteiger charge is 2.18. The van der Waals surface area contributed by atoms with Gasteiger partial charge in [-0.1, -0.05) is 0 Å². The van der Waals surface area contributed by atoms with E-state index in [1.165, 1.54) is 17.4 Å². The van der Waals surface area contributed by atoms with Crippen LogP contribution in [0.3, 0.4) is 0 Å². The zero-order chi connectivity index (χ0) is 17.6. The second-order valence-corrected chi connectivity index (χ2v) is 6.16. The van der Waals surface area contributed by atoms with E-state index in [9.17, 15) is 13.6 Å². The van der Waals surface area contributed by atoms with Crippen LogP contribution in [0.2, 0.25) is 0 Å². The molecule has 0 fully saturated rings. The molecule has 0 bridgehead atoms. The van der Waals surface area contributed by atoms with Crippen molar-refractivity contribution < 1.29 is 13.6 Å². The summed E-state index contributed by atoms with van der Waals surface area (Å²) in [5, 5.41) is 1.92. The molecule has 4 nitrogen and oxygen atoms in total. The monoisotopic (exact) mass is 359 g/mol. The maximum absolute atomic E-state index is 13.5. The second-order valence-electron chi connectivity index (χ2n) is 5.44. The average Bonchev–Trinajstić information content (AvgIpc) is 3.15. The van der Waals surface area contributed by atoms with E-state index in [1.54, 1.807) is 22.8 Å². The Morgan fingerprint density at radius 3 is 2.60 bits per heavy atom. The molecule has 25 heavy (non-hydrogen) atoms. The molecule has 0 N–H and O–H groups in total. The van der Waals surface area contributed by atoms with Crippen molar-refractivity contribution in [3.63, 3.8) is 0 Å². The van der Waals surface area contributed by atoms with Gasteiger partial charge in [-0.15, -0.1) is 11.3 Å². The summed E-state index contributed by atoms with van der Waals surface area (Å²) in [4.78, 5) is 22.5. The summed E-state index contributed by atoms with van der Waals surface area (Å²) >= 11 is 1.49. The highest BCUT2D eigenvalue weighted by atomic mass is 32.1. The Balaban J connectivity index is 1.80. The van der Waals surface area contributed by atoms with Crippen molar-refractivity contribution in [2.45, 2.75) is 13.0 Å². The summed E-state index contributed by atoms with van der Waals surface area (Å²) in [7, 11) is 0. The van der Waals surface area contributed by atoms with Gasteiger partial charge in [0.05, 0.1) is 11.2 Å². The standard InChI is InChI=1S/C18H15F2N3OS/c19-16-2-1-14(9-17(16)20)18(24)23(8-5-15-11-25-12-22-15)10-13-3-6-21-7-4-13/h1-4,6-7,9,11-12H,5,8,10H2. The van der Waals surface area contributed by atoms with Gasteiger partial charge in [-0.3, -0.25) is 9.78 Å². The lowest BCUT2D eigenvalue weighted by atomic mass is 10.1. The van der Waals surface area contributed by atoms with Crippen molar-refractivity contribution >= 4 is 17.2 Å². The van der Waals surface area contributed by atoms with Crippen molar-refractivity contribution in [1.82, 2.24) is 14.9 Å². The van der Waals surface area contributed by atoms with E-state index < -0.39 is 11.6 Å². The normalized spacial score (nSPS) is 10.6. The zero-order valence-electron chi connectivity index (χ0n) is 13.2. The number of thiazole rings is 1. The van der Waals surface area contributed by atoms with Gasteiger partial charge in [-0.05, 0) is 35.9 Å². The van der Waals surface area contributed by atoms with Crippen LogP contribution in [0.25, 0.3) is 0 Å². The summed E-state index contributed by atoms with van der Waals surface area (Å²) in [6, 6.07) is 6.82. The van der Waals surface area contributed by atoms with Crippen LogP contribution in [0.1, 0.15) is 21.6 Å². The van der Waals surface area contributed by atoms with Gasteiger partial charge in [-0.25, -0.2) is 13.8 Å². The van der Waals surface area contributed by atoms with Crippen molar-refractivity contribution in [3.05, 3.63) is 82.1 Å². The molecule has 3 rings (SSSR count). The maximum Gasteiger partial charge on any atom is 0.254 e. The van der Waals surface area contributed by atoms with Gasteiger partial charge in [0.2, 0.25) is 0 Å². The van der Waals surface area contributed by atoms with E-state index in [4.69, 9.17) is 0 Å². The molecule has 0 spiro atoms. The molecule has 0 atom stereocenters. The van der Waals surface area contributed by atoms with Crippen LogP contribution in [0.5, 0.6) is 0 Å². The Morgan fingerprint density at radius 1 is 1.12 bits per heavy atom. The van der Waals surface area contributed by atoms with Gasteiger partial charge in [0, 0.05) is 42.8 Å². The molecule has 0 saturated carbocycles. The van der Waals surface area contributed by atoms with Crippen LogP contribution in [0.15, 0.2) is 53.6 Å². The molecular formula is C18H15F2N3OS. The minimum atomic E-state index is -1.03. The molecule has 0 saturated heterocycles. The average molecular weight is 359 g/mol. The third-order valence-corrected chi connectivity index (χ3v) is 4.33. The summed E-state index contributed by atoms with van der Waals surface area (Å²) in [5.41, 5.74) is 3.65. The Hall–Kier alpha value is -2.67. The number of halogens is 2. The lowest BCUT2D eigenvalue weighted by Gasteiger charge is -2.23. The SMILES string of the molecule is O=C(c1ccc(F)c(F)c1)N(CCc1cscn1)Cc1ccncc1. The number of pyridine rings is 1. The zero-order valence-corrected chi connectivity index (χ0v) is 14.0. The molecule has 1 aromatic carbocycles. The molecule has 0 aliphatic rings. The molecule has 0 aliphatic heterocycles. The van der Waals surface area contributed by atoms with E-state index in [0.29, 0.717) is 19.5 Å². The fourth-order valence-electron chi connectivity index (χ4n) is 2.38. The van der Waals surface area contributed by atoms with E-state index in [2.05, 4.69) is 9.97 Å². The highest BCUT2D eigenvalue weighted by molar-refractivity contribution is 7.07. The van der Waals surface area contributed by atoms with Crippen LogP contribution in [-0.4, -0.2) is 27.3 Å². The number of aromatic nitrogens is 2. The first-order chi connectivity index (χ1) is 12.1. The number of hydrogen-bond acceptors (Lipinski definition) is 4. The molecule has 7 heteroatoms. The Kier molecular flexibility index (Phi) is 5.45. The van der Waals surface area contributed by atoms with Crippen LogP contribution < -0.4 is 0 Å². The van der Waals surface area contributed by atoms with Crippen LogP contribution >= 0.6 is 11.3 Å². The largest absolute Gasteiger partial charge is 0.334 e. The van der Waals surface area contributed by atoms with Gasteiger partial charge in [0.1, 0.15) is 0 Å². The summed E-state index contributed by atoms with van der Waals surface area (Å²) in [6.07, 6.45) is 3.88. The van der Waals surface area contributed by atoms with Gasteiger partial charge in [0.15, 0.2) is 11.6 Å². The predicted molar refractivity (Wildman–Crippen MR) is 91.2 cm³/mol. The maximum atomic E-state index is 13.5. The first kappa shape index (κ1) is 17.2. The van der Waals surface area contributed by atoms with Crippen LogP contribution in [0, 0.1) is 11.6 Å². The molecule has 3 aromatic rings. The van der Waals surface area contributed by atoms with Crippen molar-refractivity contribution in [1.29, 1.82) is 0 Å². The summed E-state index contributed by atoms with van der Waals surface area (Å²) < 4.78 is 26.6. The lowest BCUT2D eigenvalue weighted by molar-refractivity contribution is 0.0744. The van der Waals surface area contributed by atoms with Gasteiger partial charge in [0.25, 0.3) is 5.91 Å². The number of carbonyl (C=O) groups is 1. The number of amides is 1. The van der Waals surface area contributed by atoms with Crippen molar-refractivity contribution in [2.24, 2.45) is 0 Å². The smallest absolute Gasteiger partial charge is 0.254 e. The second kappa shape index (κ2) is 7.94. The molecule has 0 aliphatic carbocycles. The van der Waals surface area contributed by atoms with E-state index in [0.717, 1.165) is 23.4 Å². The number of rotatable bonds is 6. The number of benzene rings is 1. The van der Waals surface area contributed by atoms with Gasteiger partial charge < -0.3 is 4.90 Å². The van der Waals surface area contributed by atoms with Crippen LogP contribution in [-0.2, 0) is 13.0 Å². The molecule has 128 valence electrons. The third kappa shape index (κ3) is 4.45. The summed E-state index contributed by atoms with van der Waals surface area (Å²) in [5.74, 6) is -2.36. The molecule has 2 aromatic heterocycles. The number of nitrogens with zero attached hydrogens (tertiary/aromatic N) is 3. The minimum absolute atomic E-state index is 0.117. The molecular weight excluding hydrogens is 344 g/mol. The Labute approximate surface area is 147 Å². The fraction of sp³-hybridized carbons (Fsp3) is 0.167. The minimum Gasteiger partial charge on any atom is -0.334 e. The first-order valence-electron chi connectivity index (χ1n) is 7.64. The number of carbonyl (C=O) groups excluding carboxylic acids is 1. The summed E-state index contributed by atoms with van der Waals surface area (Å²) in [6.45, 7) is 0.772. The molecule has 0 unspecified atom stereocenters.